The highest BCUT2D eigenvalue weighted by Gasteiger charge is 2.31. The van der Waals surface area contributed by atoms with E-state index in [0.717, 1.165) is 12.1 Å². The lowest BCUT2D eigenvalue weighted by Crippen LogP contribution is -2.16. The molecule has 0 amide bonds. The molecule has 0 aliphatic rings. The highest BCUT2D eigenvalue weighted by molar-refractivity contribution is 14.1. The van der Waals surface area contributed by atoms with E-state index in [1.807, 2.05) is 22.6 Å². The van der Waals surface area contributed by atoms with E-state index in [2.05, 4.69) is 9.72 Å². The summed E-state index contributed by atoms with van der Waals surface area (Å²) in [7, 11) is 0. The lowest BCUT2D eigenvalue weighted by atomic mass is 10.1. The smallest absolute Gasteiger partial charge is 0.406 e. The summed E-state index contributed by atoms with van der Waals surface area (Å²) in [4.78, 5) is 3.91. The largest absolute Gasteiger partial charge is 0.573 e. The molecule has 0 atom stereocenters. The molecule has 0 radical (unpaired) electrons. The maximum atomic E-state index is 13.6. The molecule has 0 fully saturated rings. The Morgan fingerprint density at radius 2 is 1.74 bits per heavy atom. The lowest BCUT2D eigenvalue weighted by molar-refractivity contribution is -0.274. The Balaban J connectivity index is 2.27. The van der Waals surface area contributed by atoms with E-state index in [1.165, 1.54) is 24.4 Å². The molecule has 100 valence electrons. The summed E-state index contributed by atoms with van der Waals surface area (Å²) < 4.78 is 53.9. The molecule has 1 aromatic heterocycles. The van der Waals surface area contributed by atoms with E-state index in [-0.39, 0.29) is 11.4 Å². The van der Waals surface area contributed by atoms with Gasteiger partial charge in [-0.1, -0.05) is 0 Å². The SMILES string of the molecule is Fc1cc(I)cnc1-c1ccc(OC(F)(F)F)cc1. The Kier molecular flexibility index (Phi) is 3.93. The fourth-order valence-corrected chi connectivity index (χ4v) is 1.85. The van der Waals surface area contributed by atoms with Crippen LogP contribution < -0.4 is 4.74 Å². The molecule has 2 nitrogen and oxygen atoms in total. The quantitative estimate of drug-likeness (QED) is 0.567. The van der Waals surface area contributed by atoms with Gasteiger partial charge in [-0.05, 0) is 52.9 Å². The van der Waals surface area contributed by atoms with Gasteiger partial charge in [-0.3, -0.25) is 4.98 Å². The molecule has 1 heterocycles. The van der Waals surface area contributed by atoms with Crippen LogP contribution in [0.4, 0.5) is 17.6 Å². The van der Waals surface area contributed by atoms with Crippen LogP contribution in [0.25, 0.3) is 11.3 Å². The molecule has 0 aliphatic carbocycles. The zero-order valence-electron chi connectivity index (χ0n) is 9.21. The van der Waals surface area contributed by atoms with Crippen LogP contribution in [0.2, 0.25) is 0 Å². The second kappa shape index (κ2) is 5.32. The van der Waals surface area contributed by atoms with Gasteiger partial charge in [0.15, 0.2) is 5.82 Å². The first-order valence-corrected chi connectivity index (χ1v) is 6.10. The first kappa shape index (κ1) is 14.0. The number of rotatable bonds is 2. The van der Waals surface area contributed by atoms with Crippen LogP contribution in [-0.2, 0) is 0 Å². The molecule has 0 spiro atoms. The highest BCUT2D eigenvalue weighted by Crippen LogP contribution is 2.27. The van der Waals surface area contributed by atoms with Gasteiger partial charge in [0.05, 0.1) is 0 Å². The maximum absolute atomic E-state index is 13.6. The van der Waals surface area contributed by atoms with E-state index in [0.29, 0.717) is 9.13 Å². The van der Waals surface area contributed by atoms with Gasteiger partial charge in [0, 0.05) is 15.3 Å². The third-order valence-electron chi connectivity index (χ3n) is 2.17. The van der Waals surface area contributed by atoms with Gasteiger partial charge in [-0.15, -0.1) is 13.2 Å². The topological polar surface area (TPSA) is 22.1 Å². The van der Waals surface area contributed by atoms with Crippen LogP contribution in [0.5, 0.6) is 5.75 Å². The molecule has 2 aromatic rings. The van der Waals surface area contributed by atoms with Crippen LogP contribution >= 0.6 is 22.6 Å². The van der Waals surface area contributed by atoms with Crippen LogP contribution in [-0.4, -0.2) is 11.3 Å². The zero-order valence-corrected chi connectivity index (χ0v) is 11.4. The average molecular weight is 383 g/mol. The summed E-state index contributed by atoms with van der Waals surface area (Å²) in [5.74, 6) is -0.890. The fraction of sp³-hybridized carbons (Fsp3) is 0.0833. The van der Waals surface area contributed by atoms with Crippen molar-refractivity contribution in [1.82, 2.24) is 4.98 Å². The van der Waals surface area contributed by atoms with Gasteiger partial charge in [-0.2, -0.15) is 0 Å². The molecule has 7 heteroatoms. The van der Waals surface area contributed by atoms with Crippen molar-refractivity contribution in [3.8, 4) is 17.0 Å². The van der Waals surface area contributed by atoms with Crippen molar-refractivity contribution in [2.45, 2.75) is 6.36 Å². The normalized spacial score (nSPS) is 11.4. The first-order valence-electron chi connectivity index (χ1n) is 5.02. The van der Waals surface area contributed by atoms with Gasteiger partial charge in [0.2, 0.25) is 0 Å². The van der Waals surface area contributed by atoms with Crippen molar-refractivity contribution < 1.29 is 22.3 Å². The number of nitrogens with zero attached hydrogens (tertiary/aromatic N) is 1. The molecule has 2 rings (SSSR count). The van der Waals surface area contributed by atoms with Crippen molar-refractivity contribution in [2.75, 3.05) is 0 Å². The van der Waals surface area contributed by atoms with E-state index in [9.17, 15) is 17.6 Å². The minimum atomic E-state index is -4.74. The van der Waals surface area contributed by atoms with E-state index < -0.39 is 12.2 Å². The number of aromatic nitrogens is 1. The predicted octanol–water partition coefficient (Wildman–Crippen LogP) is 4.39. The number of halogens is 5. The Hall–Kier alpha value is -1.38. The van der Waals surface area contributed by atoms with E-state index in [4.69, 9.17) is 0 Å². The predicted molar refractivity (Wildman–Crippen MR) is 69.0 cm³/mol. The van der Waals surface area contributed by atoms with Crippen LogP contribution in [0.15, 0.2) is 36.5 Å². The van der Waals surface area contributed by atoms with Crippen molar-refractivity contribution in [3.63, 3.8) is 0 Å². The first-order chi connectivity index (χ1) is 8.85. The van der Waals surface area contributed by atoms with Crippen molar-refractivity contribution >= 4 is 22.6 Å². The van der Waals surface area contributed by atoms with Gasteiger partial charge in [0.1, 0.15) is 11.4 Å². The summed E-state index contributed by atoms with van der Waals surface area (Å²) >= 11 is 1.91. The number of hydrogen-bond acceptors (Lipinski definition) is 2. The van der Waals surface area contributed by atoms with Crippen molar-refractivity contribution in [2.24, 2.45) is 0 Å². The summed E-state index contributed by atoms with van der Waals surface area (Å²) in [5, 5.41) is 0. The number of alkyl halides is 3. The third-order valence-corrected chi connectivity index (χ3v) is 2.76. The molecule has 0 saturated carbocycles. The average Bonchev–Trinajstić information content (AvgIpc) is 2.28. The molecule has 19 heavy (non-hydrogen) atoms. The molecule has 1 aromatic carbocycles. The van der Waals surface area contributed by atoms with Crippen LogP contribution in [0.1, 0.15) is 0 Å². The molecular weight excluding hydrogens is 377 g/mol. The Morgan fingerprint density at radius 3 is 2.26 bits per heavy atom. The molecule has 0 aliphatic heterocycles. The monoisotopic (exact) mass is 383 g/mol. The molecule has 0 N–H and O–H groups in total. The van der Waals surface area contributed by atoms with Crippen molar-refractivity contribution in [1.29, 1.82) is 0 Å². The zero-order chi connectivity index (χ0) is 14.0. The third kappa shape index (κ3) is 3.79. The van der Waals surface area contributed by atoms with Crippen molar-refractivity contribution in [3.05, 3.63) is 45.9 Å². The summed E-state index contributed by atoms with van der Waals surface area (Å²) in [5.41, 5.74) is 0.461. The van der Waals surface area contributed by atoms with Crippen LogP contribution in [0, 0.1) is 9.39 Å². The van der Waals surface area contributed by atoms with Crippen LogP contribution in [0.3, 0.4) is 0 Å². The second-order valence-electron chi connectivity index (χ2n) is 3.56. The van der Waals surface area contributed by atoms with Gasteiger partial charge < -0.3 is 4.74 Å². The molecule has 0 unspecified atom stereocenters. The Labute approximate surface area is 119 Å². The lowest BCUT2D eigenvalue weighted by Gasteiger charge is -2.09. The standard InChI is InChI=1S/C12H6F4INO/c13-10-5-8(17)6-18-11(10)7-1-3-9(4-2-7)19-12(14,15)16/h1-6H. The van der Waals surface area contributed by atoms with E-state index >= 15 is 0 Å². The fourth-order valence-electron chi connectivity index (χ4n) is 1.44. The minimum Gasteiger partial charge on any atom is -0.406 e. The minimum absolute atomic E-state index is 0.0824. The Bertz CT molecular complexity index is 583. The molecular formula is C12H6F4INO. The summed E-state index contributed by atoms with van der Waals surface area (Å²) in [6, 6.07) is 6.16. The van der Waals surface area contributed by atoms with Gasteiger partial charge in [-0.25, -0.2) is 4.39 Å². The number of benzene rings is 1. The molecule has 0 saturated heterocycles. The second-order valence-corrected chi connectivity index (χ2v) is 4.80. The summed E-state index contributed by atoms with van der Waals surface area (Å²) in [6.45, 7) is 0. The summed E-state index contributed by atoms with van der Waals surface area (Å²) in [6.07, 6.45) is -3.27. The highest BCUT2D eigenvalue weighted by atomic mass is 127. The Morgan fingerprint density at radius 1 is 1.11 bits per heavy atom. The number of hydrogen-bond donors (Lipinski definition) is 0. The number of ether oxygens (including phenoxy) is 1. The van der Waals surface area contributed by atoms with E-state index in [1.54, 1.807) is 0 Å². The number of pyridine rings is 1. The van der Waals surface area contributed by atoms with Gasteiger partial charge in [0.25, 0.3) is 0 Å². The molecule has 0 bridgehead atoms. The maximum Gasteiger partial charge on any atom is 0.573 e. The van der Waals surface area contributed by atoms with Gasteiger partial charge >= 0.3 is 6.36 Å².